The lowest BCUT2D eigenvalue weighted by molar-refractivity contribution is -0.136. The molecule has 3 rings (SSSR count). The van der Waals surface area contributed by atoms with Crippen LogP contribution in [-0.2, 0) is 24.1 Å². The Morgan fingerprint density at radius 1 is 1.33 bits per heavy atom. The summed E-state index contributed by atoms with van der Waals surface area (Å²) in [7, 11) is 0. The molecule has 7 nitrogen and oxygen atoms in total. The topological polar surface area (TPSA) is 77.6 Å². The zero-order valence-electron chi connectivity index (χ0n) is 15.1. The highest BCUT2D eigenvalue weighted by Crippen LogP contribution is 2.36. The van der Waals surface area contributed by atoms with E-state index in [9.17, 15) is 18.0 Å². The van der Waals surface area contributed by atoms with Crippen molar-refractivity contribution < 1.29 is 18.0 Å². The normalized spacial score (nSPS) is 13.1. The summed E-state index contributed by atoms with van der Waals surface area (Å²) in [6.07, 6.45) is -1.11. The van der Waals surface area contributed by atoms with Crippen molar-refractivity contribution in [3.63, 3.8) is 0 Å². The molecule has 0 unspecified atom stereocenters. The zero-order chi connectivity index (χ0) is 19.8. The second-order valence-electron chi connectivity index (χ2n) is 6.45. The van der Waals surface area contributed by atoms with Crippen molar-refractivity contribution in [1.29, 1.82) is 0 Å². The standard InChI is InChI=1S/C17H19F3N6O/c1-10-7-13(17(18,19)20)15-12(3)24-26(16(15)23-10)9-14(27)22-11(2)8-25-6-4-5-21-25/h4-7,11H,8-9H2,1-3H3,(H,22,27)/t11-/m1/s1. The van der Waals surface area contributed by atoms with Crippen molar-refractivity contribution in [3.05, 3.63) is 41.5 Å². The Kier molecular flexibility index (Phi) is 4.90. The van der Waals surface area contributed by atoms with Crippen molar-refractivity contribution in [2.75, 3.05) is 0 Å². The molecule has 1 N–H and O–H groups in total. The minimum absolute atomic E-state index is 0.0507. The molecule has 0 aliphatic carbocycles. The molecule has 0 saturated heterocycles. The number of carbonyl (C=O) groups is 1. The lowest BCUT2D eigenvalue weighted by Gasteiger charge is -2.14. The van der Waals surface area contributed by atoms with E-state index in [1.807, 2.05) is 6.92 Å². The van der Waals surface area contributed by atoms with Crippen LogP contribution in [0.2, 0.25) is 0 Å². The van der Waals surface area contributed by atoms with Gasteiger partial charge in [0.25, 0.3) is 0 Å². The molecule has 0 aromatic carbocycles. The molecule has 1 amide bonds. The molecule has 27 heavy (non-hydrogen) atoms. The SMILES string of the molecule is Cc1cc(C(F)(F)F)c2c(C)nn(CC(=O)N[C@H](C)Cn3cccn3)c2n1. The Balaban J connectivity index is 1.83. The van der Waals surface area contributed by atoms with Gasteiger partial charge in [0.2, 0.25) is 5.91 Å². The van der Waals surface area contributed by atoms with Gasteiger partial charge in [-0.05, 0) is 32.9 Å². The van der Waals surface area contributed by atoms with Crippen molar-refractivity contribution in [2.24, 2.45) is 0 Å². The van der Waals surface area contributed by atoms with Gasteiger partial charge in [-0.15, -0.1) is 0 Å². The number of amides is 1. The summed E-state index contributed by atoms with van der Waals surface area (Å²) in [6, 6.07) is 2.56. The Hall–Kier alpha value is -2.91. The van der Waals surface area contributed by atoms with Crippen LogP contribution in [0.4, 0.5) is 13.2 Å². The maximum absolute atomic E-state index is 13.3. The third kappa shape index (κ3) is 4.09. The maximum Gasteiger partial charge on any atom is 0.417 e. The molecule has 0 radical (unpaired) electrons. The van der Waals surface area contributed by atoms with Crippen LogP contribution >= 0.6 is 0 Å². The predicted molar refractivity (Wildman–Crippen MR) is 91.8 cm³/mol. The van der Waals surface area contributed by atoms with Crippen molar-refractivity contribution in [1.82, 2.24) is 29.9 Å². The Bertz CT molecular complexity index is 961. The molecule has 3 heterocycles. The van der Waals surface area contributed by atoms with E-state index in [0.717, 1.165) is 6.07 Å². The fraction of sp³-hybridized carbons (Fsp3) is 0.412. The van der Waals surface area contributed by atoms with E-state index >= 15 is 0 Å². The Morgan fingerprint density at radius 3 is 2.70 bits per heavy atom. The van der Waals surface area contributed by atoms with Crippen LogP contribution in [0.25, 0.3) is 11.0 Å². The summed E-state index contributed by atoms with van der Waals surface area (Å²) in [5, 5.41) is 10.9. The molecule has 3 aromatic heterocycles. The fourth-order valence-corrected chi connectivity index (χ4v) is 3.00. The molecule has 0 fully saturated rings. The lowest BCUT2D eigenvalue weighted by Crippen LogP contribution is -2.38. The number of pyridine rings is 1. The van der Waals surface area contributed by atoms with E-state index in [1.54, 1.807) is 23.1 Å². The number of aryl methyl sites for hydroxylation is 2. The van der Waals surface area contributed by atoms with Gasteiger partial charge in [-0.25, -0.2) is 9.67 Å². The molecular weight excluding hydrogens is 361 g/mol. The number of nitrogens with one attached hydrogen (secondary N) is 1. The number of carbonyl (C=O) groups excluding carboxylic acids is 1. The van der Waals surface area contributed by atoms with Crippen LogP contribution in [0.5, 0.6) is 0 Å². The first-order chi connectivity index (χ1) is 12.6. The number of rotatable bonds is 5. The minimum Gasteiger partial charge on any atom is -0.350 e. The van der Waals surface area contributed by atoms with Crippen LogP contribution in [0.15, 0.2) is 24.5 Å². The molecule has 10 heteroatoms. The number of hydrogen-bond donors (Lipinski definition) is 1. The first kappa shape index (κ1) is 18.9. The van der Waals surface area contributed by atoms with Gasteiger partial charge in [0.05, 0.1) is 23.2 Å². The van der Waals surface area contributed by atoms with Gasteiger partial charge >= 0.3 is 6.18 Å². The van der Waals surface area contributed by atoms with Gasteiger partial charge in [-0.3, -0.25) is 9.48 Å². The van der Waals surface area contributed by atoms with Crippen molar-refractivity contribution >= 4 is 16.9 Å². The lowest BCUT2D eigenvalue weighted by atomic mass is 10.1. The highest BCUT2D eigenvalue weighted by molar-refractivity contribution is 5.85. The summed E-state index contributed by atoms with van der Waals surface area (Å²) in [4.78, 5) is 16.5. The van der Waals surface area contributed by atoms with Crippen LogP contribution in [0.1, 0.15) is 23.9 Å². The molecule has 0 aliphatic rings. The summed E-state index contributed by atoms with van der Waals surface area (Å²) in [6.45, 7) is 5.03. The van der Waals surface area contributed by atoms with Gasteiger partial charge in [0, 0.05) is 24.1 Å². The highest BCUT2D eigenvalue weighted by atomic mass is 19.4. The Labute approximate surface area is 153 Å². The van der Waals surface area contributed by atoms with E-state index in [4.69, 9.17) is 0 Å². The largest absolute Gasteiger partial charge is 0.417 e. The monoisotopic (exact) mass is 380 g/mol. The molecule has 0 bridgehead atoms. The summed E-state index contributed by atoms with van der Waals surface area (Å²) < 4.78 is 42.9. The van der Waals surface area contributed by atoms with Gasteiger partial charge < -0.3 is 5.32 Å². The van der Waals surface area contributed by atoms with E-state index in [-0.39, 0.29) is 40.9 Å². The van der Waals surface area contributed by atoms with Crippen LogP contribution in [-0.4, -0.2) is 36.5 Å². The fourth-order valence-electron chi connectivity index (χ4n) is 3.00. The maximum atomic E-state index is 13.3. The van der Waals surface area contributed by atoms with Crippen LogP contribution in [0.3, 0.4) is 0 Å². The quantitative estimate of drug-likeness (QED) is 0.738. The van der Waals surface area contributed by atoms with Gasteiger partial charge in [-0.1, -0.05) is 0 Å². The van der Waals surface area contributed by atoms with Gasteiger partial charge in [0.1, 0.15) is 6.54 Å². The molecule has 3 aromatic rings. The number of nitrogens with zero attached hydrogens (tertiary/aromatic N) is 5. The van der Waals surface area contributed by atoms with Crippen LogP contribution < -0.4 is 5.32 Å². The first-order valence-electron chi connectivity index (χ1n) is 8.34. The summed E-state index contributed by atoms with van der Waals surface area (Å²) in [5.74, 6) is -0.365. The molecule has 0 spiro atoms. The van der Waals surface area contributed by atoms with E-state index in [0.29, 0.717) is 6.54 Å². The second-order valence-corrected chi connectivity index (χ2v) is 6.45. The average Bonchev–Trinajstić information content (AvgIpc) is 3.14. The number of hydrogen-bond acceptors (Lipinski definition) is 4. The third-order valence-electron chi connectivity index (χ3n) is 4.03. The number of aromatic nitrogens is 5. The molecule has 0 aliphatic heterocycles. The van der Waals surface area contributed by atoms with E-state index in [2.05, 4.69) is 20.5 Å². The van der Waals surface area contributed by atoms with E-state index < -0.39 is 11.7 Å². The summed E-state index contributed by atoms with van der Waals surface area (Å²) in [5.41, 5.74) is -0.346. The van der Waals surface area contributed by atoms with Crippen molar-refractivity contribution in [3.8, 4) is 0 Å². The van der Waals surface area contributed by atoms with E-state index in [1.165, 1.54) is 18.5 Å². The number of halogens is 3. The third-order valence-corrected chi connectivity index (χ3v) is 4.03. The van der Waals surface area contributed by atoms with Gasteiger partial charge in [0.15, 0.2) is 5.65 Å². The minimum atomic E-state index is -4.52. The summed E-state index contributed by atoms with van der Waals surface area (Å²) >= 11 is 0. The highest BCUT2D eigenvalue weighted by Gasteiger charge is 2.35. The second kappa shape index (κ2) is 7.01. The van der Waals surface area contributed by atoms with Crippen LogP contribution in [0, 0.1) is 13.8 Å². The average molecular weight is 380 g/mol. The zero-order valence-corrected chi connectivity index (χ0v) is 15.1. The number of alkyl halides is 3. The first-order valence-corrected chi connectivity index (χ1v) is 8.34. The smallest absolute Gasteiger partial charge is 0.350 e. The Morgan fingerprint density at radius 2 is 2.07 bits per heavy atom. The predicted octanol–water partition coefficient (Wildman–Crippen LogP) is 2.47. The molecule has 0 saturated carbocycles. The molecular formula is C17H19F3N6O. The molecule has 144 valence electrons. The van der Waals surface area contributed by atoms with Gasteiger partial charge in [-0.2, -0.15) is 23.4 Å². The molecule has 1 atom stereocenters. The number of fused-ring (bicyclic) bond motifs is 1. The van der Waals surface area contributed by atoms with Crippen molar-refractivity contribution in [2.45, 2.75) is 46.1 Å².